The fourth-order valence-corrected chi connectivity index (χ4v) is 3.14. The Bertz CT molecular complexity index is 754. The number of amides is 1. The van der Waals surface area contributed by atoms with E-state index >= 15 is 0 Å². The zero-order chi connectivity index (χ0) is 16.6. The molecule has 0 aliphatic carbocycles. The van der Waals surface area contributed by atoms with Gasteiger partial charge in [-0.2, -0.15) is 0 Å². The van der Waals surface area contributed by atoms with Gasteiger partial charge in [0.1, 0.15) is 6.10 Å². The maximum Gasteiger partial charge on any atom is 0.410 e. The van der Waals surface area contributed by atoms with E-state index in [4.69, 9.17) is 4.74 Å². The number of carbonyl (C=O) groups excluding carboxylic acids is 2. The minimum absolute atomic E-state index is 0.00579. The molecule has 1 aliphatic heterocycles. The van der Waals surface area contributed by atoms with E-state index in [-0.39, 0.29) is 24.0 Å². The largest absolute Gasteiger partial charge is 0.444 e. The lowest BCUT2D eigenvalue weighted by Gasteiger charge is -2.21. The van der Waals surface area contributed by atoms with Crippen LogP contribution in [0.1, 0.15) is 35.8 Å². The molecule has 4 nitrogen and oxygen atoms in total. The number of rotatable bonds is 3. The first-order valence-electron chi connectivity index (χ1n) is 7.63. The van der Waals surface area contributed by atoms with Gasteiger partial charge in [-0.3, -0.25) is 4.79 Å². The molecule has 1 amide bonds. The smallest absolute Gasteiger partial charge is 0.410 e. The van der Waals surface area contributed by atoms with Crippen LogP contribution in [0.4, 0.5) is 4.79 Å². The highest BCUT2D eigenvalue weighted by Crippen LogP contribution is 2.34. The molecule has 2 unspecified atom stereocenters. The van der Waals surface area contributed by atoms with Gasteiger partial charge in [0.05, 0.1) is 6.04 Å². The summed E-state index contributed by atoms with van der Waals surface area (Å²) >= 11 is 0. The number of ketones is 1. The Labute approximate surface area is 135 Å². The molecule has 0 radical (unpaired) electrons. The molecule has 0 saturated carbocycles. The molecule has 2 aromatic rings. The number of ether oxygens (including phenoxy) is 1. The number of likely N-dealkylation sites (N-methyl/N-ethyl adjacent to an activating group) is 1. The fourth-order valence-electron chi connectivity index (χ4n) is 3.14. The average molecular weight is 309 g/mol. The van der Waals surface area contributed by atoms with Crippen molar-refractivity contribution in [1.82, 2.24) is 4.90 Å². The monoisotopic (exact) mass is 309 g/mol. The van der Waals surface area contributed by atoms with Gasteiger partial charge in [0.2, 0.25) is 0 Å². The van der Waals surface area contributed by atoms with Crippen LogP contribution in [0.5, 0.6) is 0 Å². The van der Waals surface area contributed by atoms with Crippen LogP contribution in [-0.4, -0.2) is 29.9 Å². The molecule has 23 heavy (non-hydrogen) atoms. The van der Waals surface area contributed by atoms with Crippen LogP contribution in [0.3, 0.4) is 0 Å². The van der Waals surface area contributed by atoms with Gasteiger partial charge >= 0.3 is 6.09 Å². The third kappa shape index (κ3) is 2.72. The molecule has 2 atom stereocenters. The second-order valence-electron chi connectivity index (χ2n) is 5.87. The minimum Gasteiger partial charge on any atom is -0.444 e. The summed E-state index contributed by atoms with van der Waals surface area (Å²) in [5.41, 5.74) is 3.48. The van der Waals surface area contributed by atoms with Crippen LogP contribution in [0.2, 0.25) is 0 Å². The highest BCUT2D eigenvalue weighted by molar-refractivity contribution is 6.01. The van der Waals surface area contributed by atoms with E-state index in [0.29, 0.717) is 5.56 Å². The molecule has 1 saturated heterocycles. The third-order valence-electron chi connectivity index (χ3n) is 4.29. The summed E-state index contributed by atoms with van der Waals surface area (Å²) in [5, 5.41) is 0. The molecular formula is C19H19NO3. The number of carbonyl (C=O) groups is 2. The summed E-state index contributed by atoms with van der Waals surface area (Å²) in [7, 11) is 1.72. The molecule has 0 spiro atoms. The van der Waals surface area contributed by atoms with Gasteiger partial charge in [-0.1, -0.05) is 42.5 Å². The standard InChI is InChI=1S/C19H19NO3/c1-12(21)17-11-15(18-13(2)23-19(22)20(18)3)9-10-16(17)14-7-5-4-6-8-14/h4-11,13,18H,1-3H3. The van der Waals surface area contributed by atoms with E-state index in [9.17, 15) is 9.59 Å². The molecule has 2 aromatic carbocycles. The maximum atomic E-state index is 12.1. The molecule has 4 heteroatoms. The summed E-state index contributed by atoms with van der Waals surface area (Å²) in [4.78, 5) is 25.4. The zero-order valence-corrected chi connectivity index (χ0v) is 13.4. The van der Waals surface area contributed by atoms with Gasteiger partial charge < -0.3 is 9.64 Å². The lowest BCUT2D eigenvalue weighted by Crippen LogP contribution is -2.24. The molecule has 0 aromatic heterocycles. The van der Waals surface area contributed by atoms with Crippen LogP contribution in [0.15, 0.2) is 48.5 Å². The van der Waals surface area contributed by atoms with Gasteiger partial charge in [-0.15, -0.1) is 0 Å². The first-order valence-corrected chi connectivity index (χ1v) is 7.63. The van der Waals surface area contributed by atoms with Crippen molar-refractivity contribution in [1.29, 1.82) is 0 Å². The van der Waals surface area contributed by atoms with Crippen molar-refractivity contribution in [2.24, 2.45) is 0 Å². The normalized spacial score (nSPS) is 20.5. The summed E-state index contributed by atoms with van der Waals surface area (Å²) < 4.78 is 5.26. The Morgan fingerprint density at radius 1 is 1.13 bits per heavy atom. The van der Waals surface area contributed by atoms with E-state index in [1.807, 2.05) is 55.5 Å². The van der Waals surface area contributed by atoms with Crippen molar-refractivity contribution in [3.8, 4) is 11.1 Å². The van der Waals surface area contributed by atoms with Gasteiger partial charge in [0, 0.05) is 12.6 Å². The van der Waals surface area contributed by atoms with Crippen molar-refractivity contribution < 1.29 is 14.3 Å². The topological polar surface area (TPSA) is 46.6 Å². The summed E-state index contributed by atoms with van der Waals surface area (Å²) in [6, 6.07) is 15.4. The molecule has 1 fully saturated rings. The Morgan fingerprint density at radius 2 is 1.83 bits per heavy atom. The summed E-state index contributed by atoms with van der Waals surface area (Å²) in [6.45, 7) is 3.43. The number of benzene rings is 2. The number of hydrogen-bond donors (Lipinski definition) is 0. The first kappa shape index (κ1) is 15.3. The van der Waals surface area contributed by atoms with Gasteiger partial charge in [-0.05, 0) is 36.6 Å². The summed E-state index contributed by atoms with van der Waals surface area (Å²) in [6.07, 6.45) is -0.575. The van der Waals surface area contributed by atoms with Crippen LogP contribution in [-0.2, 0) is 4.74 Å². The highest BCUT2D eigenvalue weighted by atomic mass is 16.6. The number of cyclic esters (lactones) is 1. The van der Waals surface area contributed by atoms with Crippen LogP contribution >= 0.6 is 0 Å². The molecule has 1 heterocycles. The lowest BCUT2D eigenvalue weighted by atomic mass is 9.92. The Morgan fingerprint density at radius 3 is 2.39 bits per heavy atom. The van der Waals surface area contributed by atoms with Gasteiger partial charge in [-0.25, -0.2) is 4.79 Å². The Balaban J connectivity index is 2.07. The second kappa shape index (κ2) is 5.88. The van der Waals surface area contributed by atoms with E-state index in [1.54, 1.807) is 18.9 Å². The summed E-state index contributed by atoms with van der Waals surface area (Å²) in [5.74, 6) is 0.00579. The molecule has 3 rings (SSSR count). The van der Waals surface area contributed by atoms with E-state index in [1.165, 1.54) is 0 Å². The minimum atomic E-state index is -0.334. The van der Waals surface area contributed by atoms with Crippen molar-refractivity contribution in [3.63, 3.8) is 0 Å². The molecule has 0 bridgehead atoms. The maximum absolute atomic E-state index is 12.1. The molecule has 118 valence electrons. The van der Waals surface area contributed by atoms with Gasteiger partial charge in [0.15, 0.2) is 5.78 Å². The van der Waals surface area contributed by atoms with E-state index < -0.39 is 0 Å². The van der Waals surface area contributed by atoms with Crippen molar-refractivity contribution in [2.75, 3.05) is 7.05 Å². The average Bonchev–Trinajstić information content (AvgIpc) is 2.80. The predicted octanol–water partition coefficient (Wildman–Crippen LogP) is 4.07. The number of Topliss-reactive ketones (excluding diaryl/α,β-unsaturated/α-hetero) is 1. The quantitative estimate of drug-likeness (QED) is 0.803. The fraction of sp³-hybridized carbons (Fsp3) is 0.263. The molecular weight excluding hydrogens is 290 g/mol. The van der Waals surface area contributed by atoms with Crippen molar-refractivity contribution >= 4 is 11.9 Å². The van der Waals surface area contributed by atoms with Gasteiger partial charge in [0.25, 0.3) is 0 Å². The van der Waals surface area contributed by atoms with Crippen molar-refractivity contribution in [3.05, 3.63) is 59.7 Å². The zero-order valence-electron chi connectivity index (χ0n) is 13.4. The lowest BCUT2D eigenvalue weighted by molar-refractivity contribution is 0.101. The van der Waals surface area contributed by atoms with Crippen LogP contribution < -0.4 is 0 Å². The molecule has 0 N–H and O–H groups in total. The highest BCUT2D eigenvalue weighted by Gasteiger charge is 2.37. The number of nitrogens with zero attached hydrogens (tertiary/aromatic N) is 1. The van der Waals surface area contributed by atoms with Crippen molar-refractivity contribution in [2.45, 2.75) is 26.0 Å². The number of hydrogen-bond acceptors (Lipinski definition) is 3. The molecule has 1 aliphatic rings. The predicted molar refractivity (Wildman–Crippen MR) is 88.3 cm³/mol. The SMILES string of the molecule is CC(=O)c1cc(C2C(C)OC(=O)N2C)ccc1-c1ccccc1. The Hall–Kier alpha value is -2.62. The second-order valence-corrected chi connectivity index (χ2v) is 5.87. The first-order chi connectivity index (χ1) is 11.0. The third-order valence-corrected chi connectivity index (χ3v) is 4.29. The van der Waals surface area contributed by atoms with E-state index in [0.717, 1.165) is 16.7 Å². The van der Waals surface area contributed by atoms with Crippen LogP contribution in [0.25, 0.3) is 11.1 Å². The van der Waals surface area contributed by atoms with E-state index in [2.05, 4.69) is 0 Å². The Kier molecular flexibility index (Phi) is 3.90. The van der Waals surface area contributed by atoms with Crippen LogP contribution in [0, 0.1) is 0 Å².